The van der Waals surface area contributed by atoms with Crippen molar-refractivity contribution in [2.24, 2.45) is 0 Å². The SMILES string of the molecule is Brc1ccc(CNCCc2ncc[nH]2)cc1. The van der Waals surface area contributed by atoms with Crippen LogP contribution < -0.4 is 5.32 Å². The molecule has 0 aliphatic rings. The maximum atomic E-state index is 4.17. The highest BCUT2D eigenvalue weighted by molar-refractivity contribution is 9.10. The summed E-state index contributed by atoms with van der Waals surface area (Å²) < 4.78 is 1.12. The molecular weight excluding hydrogens is 266 g/mol. The van der Waals surface area contributed by atoms with Crippen LogP contribution in [-0.2, 0) is 13.0 Å². The van der Waals surface area contributed by atoms with E-state index in [1.165, 1.54) is 5.56 Å². The zero-order valence-electron chi connectivity index (χ0n) is 8.91. The number of hydrogen-bond donors (Lipinski definition) is 2. The average Bonchev–Trinajstić information content (AvgIpc) is 2.80. The highest BCUT2D eigenvalue weighted by atomic mass is 79.9. The summed E-state index contributed by atoms with van der Waals surface area (Å²) in [6.45, 7) is 1.83. The van der Waals surface area contributed by atoms with E-state index >= 15 is 0 Å². The van der Waals surface area contributed by atoms with E-state index in [4.69, 9.17) is 0 Å². The second-order valence-corrected chi connectivity index (χ2v) is 4.50. The van der Waals surface area contributed by atoms with Gasteiger partial charge in [-0.2, -0.15) is 0 Å². The number of nitrogens with one attached hydrogen (secondary N) is 2. The van der Waals surface area contributed by atoms with E-state index in [1.54, 1.807) is 6.20 Å². The molecule has 0 saturated carbocycles. The minimum absolute atomic E-state index is 0.897. The molecule has 84 valence electrons. The average molecular weight is 280 g/mol. The van der Waals surface area contributed by atoms with E-state index in [-0.39, 0.29) is 0 Å². The summed E-state index contributed by atoms with van der Waals surface area (Å²) in [5.74, 6) is 1.03. The van der Waals surface area contributed by atoms with Gasteiger partial charge in [0.15, 0.2) is 0 Å². The quantitative estimate of drug-likeness (QED) is 0.826. The lowest BCUT2D eigenvalue weighted by atomic mass is 10.2. The Balaban J connectivity index is 1.70. The first-order chi connectivity index (χ1) is 7.84. The van der Waals surface area contributed by atoms with Gasteiger partial charge in [-0.3, -0.25) is 0 Å². The van der Waals surface area contributed by atoms with Crippen molar-refractivity contribution in [3.63, 3.8) is 0 Å². The van der Waals surface area contributed by atoms with Crippen molar-refractivity contribution in [1.82, 2.24) is 15.3 Å². The Morgan fingerprint density at radius 2 is 2.06 bits per heavy atom. The van der Waals surface area contributed by atoms with Crippen molar-refractivity contribution in [3.05, 3.63) is 52.5 Å². The fourth-order valence-corrected chi connectivity index (χ4v) is 1.74. The third kappa shape index (κ3) is 3.47. The van der Waals surface area contributed by atoms with Crippen LogP contribution in [0.25, 0.3) is 0 Å². The fourth-order valence-electron chi connectivity index (χ4n) is 1.48. The van der Waals surface area contributed by atoms with Gasteiger partial charge in [0.05, 0.1) is 0 Å². The third-order valence-corrected chi connectivity index (χ3v) is 2.86. The molecule has 16 heavy (non-hydrogen) atoms. The second kappa shape index (κ2) is 5.82. The summed E-state index contributed by atoms with van der Waals surface area (Å²) in [6.07, 6.45) is 4.57. The number of benzene rings is 1. The first-order valence-corrected chi connectivity index (χ1v) is 6.07. The molecule has 2 rings (SSSR count). The Labute approximate surface area is 103 Å². The molecule has 4 heteroatoms. The summed E-state index contributed by atoms with van der Waals surface area (Å²) in [5.41, 5.74) is 1.29. The molecule has 0 spiro atoms. The lowest BCUT2D eigenvalue weighted by molar-refractivity contribution is 0.674. The molecule has 2 aromatic rings. The number of H-pyrrole nitrogens is 1. The van der Waals surface area contributed by atoms with Crippen LogP contribution in [0.2, 0.25) is 0 Å². The van der Waals surface area contributed by atoms with Crippen LogP contribution in [0.1, 0.15) is 11.4 Å². The van der Waals surface area contributed by atoms with Crippen molar-refractivity contribution in [2.45, 2.75) is 13.0 Å². The van der Waals surface area contributed by atoms with Gasteiger partial charge in [0.2, 0.25) is 0 Å². The van der Waals surface area contributed by atoms with E-state index in [2.05, 4.69) is 55.5 Å². The minimum Gasteiger partial charge on any atom is -0.349 e. The maximum absolute atomic E-state index is 4.17. The molecule has 0 saturated heterocycles. The Morgan fingerprint density at radius 3 is 2.75 bits per heavy atom. The van der Waals surface area contributed by atoms with E-state index < -0.39 is 0 Å². The first-order valence-electron chi connectivity index (χ1n) is 5.28. The van der Waals surface area contributed by atoms with Crippen LogP contribution in [0.5, 0.6) is 0 Å². The van der Waals surface area contributed by atoms with Gasteiger partial charge in [0, 0.05) is 36.4 Å². The molecule has 1 aromatic heterocycles. The fraction of sp³-hybridized carbons (Fsp3) is 0.250. The van der Waals surface area contributed by atoms with Crippen LogP contribution in [0.15, 0.2) is 41.1 Å². The lowest BCUT2D eigenvalue weighted by Gasteiger charge is -2.03. The number of hydrogen-bond acceptors (Lipinski definition) is 2. The van der Waals surface area contributed by atoms with E-state index in [9.17, 15) is 0 Å². The number of imidazole rings is 1. The third-order valence-electron chi connectivity index (χ3n) is 2.34. The van der Waals surface area contributed by atoms with Crippen molar-refractivity contribution >= 4 is 15.9 Å². The van der Waals surface area contributed by atoms with Gasteiger partial charge in [0.1, 0.15) is 5.82 Å². The van der Waals surface area contributed by atoms with Crippen molar-refractivity contribution < 1.29 is 0 Å². The topological polar surface area (TPSA) is 40.7 Å². The van der Waals surface area contributed by atoms with Gasteiger partial charge in [-0.1, -0.05) is 28.1 Å². The zero-order chi connectivity index (χ0) is 11.2. The normalized spacial score (nSPS) is 10.6. The van der Waals surface area contributed by atoms with Gasteiger partial charge < -0.3 is 10.3 Å². The Hall–Kier alpha value is -1.13. The van der Waals surface area contributed by atoms with Crippen LogP contribution in [0.3, 0.4) is 0 Å². The predicted octanol–water partition coefficient (Wildman–Crippen LogP) is 2.50. The van der Waals surface area contributed by atoms with E-state index in [1.807, 2.05) is 6.20 Å². The zero-order valence-corrected chi connectivity index (χ0v) is 10.5. The first kappa shape index (κ1) is 11.4. The molecule has 2 N–H and O–H groups in total. The second-order valence-electron chi connectivity index (χ2n) is 3.59. The highest BCUT2D eigenvalue weighted by Gasteiger charge is 1.95. The van der Waals surface area contributed by atoms with Crippen molar-refractivity contribution in [2.75, 3.05) is 6.54 Å². The van der Waals surface area contributed by atoms with Crippen LogP contribution in [0.4, 0.5) is 0 Å². The number of halogens is 1. The lowest BCUT2D eigenvalue weighted by Crippen LogP contribution is -2.17. The number of nitrogens with zero attached hydrogens (tertiary/aromatic N) is 1. The molecule has 0 fully saturated rings. The van der Waals surface area contributed by atoms with Gasteiger partial charge >= 0.3 is 0 Å². The van der Waals surface area contributed by atoms with Gasteiger partial charge in [-0.25, -0.2) is 4.98 Å². The number of aromatic amines is 1. The summed E-state index contributed by atoms with van der Waals surface area (Å²) in [7, 11) is 0. The molecule has 3 nitrogen and oxygen atoms in total. The molecule has 0 unspecified atom stereocenters. The molecule has 1 aromatic carbocycles. The van der Waals surface area contributed by atoms with Crippen LogP contribution >= 0.6 is 15.9 Å². The Kier molecular flexibility index (Phi) is 4.13. The number of aromatic nitrogens is 2. The van der Waals surface area contributed by atoms with Crippen molar-refractivity contribution in [1.29, 1.82) is 0 Å². The summed E-state index contributed by atoms with van der Waals surface area (Å²) in [5, 5.41) is 3.38. The van der Waals surface area contributed by atoms with Crippen LogP contribution in [0, 0.1) is 0 Å². The maximum Gasteiger partial charge on any atom is 0.107 e. The smallest absolute Gasteiger partial charge is 0.107 e. The highest BCUT2D eigenvalue weighted by Crippen LogP contribution is 2.10. The van der Waals surface area contributed by atoms with Crippen LogP contribution in [-0.4, -0.2) is 16.5 Å². The van der Waals surface area contributed by atoms with Gasteiger partial charge in [0.25, 0.3) is 0 Å². The summed E-state index contributed by atoms with van der Waals surface area (Å²) in [6, 6.07) is 8.35. The summed E-state index contributed by atoms with van der Waals surface area (Å²) >= 11 is 3.42. The molecule has 0 radical (unpaired) electrons. The molecule has 0 atom stereocenters. The molecular formula is C12H14BrN3. The molecule has 0 amide bonds. The minimum atomic E-state index is 0.897. The Morgan fingerprint density at radius 1 is 1.25 bits per heavy atom. The standard InChI is InChI=1S/C12H14BrN3/c13-11-3-1-10(2-4-11)9-14-6-5-12-15-7-8-16-12/h1-4,7-8,14H,5-6,9H2,(H,15,16). The Bertz CT molecular complexity index is 408. The monoisotopic (exact) mass is 279 g/mol. The van der Waals surface area contributed by atoms with Crippen molar-refractivity contribution in [3.8, 4) is 0 Å². The van der Waals surface area contributed by atoms with E-state index in [0.29, 0.717) is 0 Å². The summed E-state index contributed by atoms with van der Waals surface area (Å²) in [4.78, 5) is 7.26. The molecule has 1 heterocycles. The molecule has 0 bridgehead atoms. The number of rotatable bonds is 5. The van der Waals surface area contributed by atoms with Gasteiger partial charge in [-0.15, -0.1) is 0 Å². The molecule has 0 aliphatic carbocycles. The van der Waals surface area contributed by atoms with E-state index in [0.717, 1.165) is 29.8 Å². The molecule has 0 aliphatic heterocycles. The largest absolute Gasteiger partial charge is 0.349 e. The predicted molar refractivity (Wildman–Crippen MR) is 68.1 cm³/mol. The van der Waals surface area contributed by atoms with Gasteiger partial charge in [-0.05, 0) is 17.7 Å².